The van der Waals surface area contributed by atoms with Gasteiger partial charge in [-0.25, -0.2) is 0 Å². The molecule has 0 saturated carbocycles. The van der Waals surface area contributed by atoms with E-state index >= 15 is 0 Å². The van der Waals surface area contributed by atoms with Crippen molar-refractivity contribution >= 4 is 40.5 Å². The van der Waals surface area contributed by atoms with Gasteiger partial charge in [-0.05, 0) is 12.1 Å². The van der Waals surface area contributed by atoms with Gasteiger partial charge in [-0.1, -0.05) is 34.8 Å². The Hall–Kier alpha value is -1.03. The Kier molecular flexibility index (Phi) is 4.05. The first kappa shape index (κ1) is 12.4. The molecule has 0 unspecified atom stereocenters. The minimum absolute atomic E-state index is 0.432. The highest BCUT2D eigenvalue weighted by Crippen LogP contribution is 2.32. The van der Waals surface area contributed by atoms with Crippen LogP contribution in [0.3, 0.4) is 0 Å². The zero-order valence-electron chi connectivity index (χ0n) is 8.62. The van der Waals surface area contributed by atoms with E-state index in [1.54, 1.807) is 30.7 Å². The molecule has 1 aromatic heterocycles. The van der Waals surface area contributed by atoms with E-state index in [9.17, 15) is 0 Å². The summed E-state index contributed by atoms with van der Waals surface area (Å²) in [5.74, 6) is 0. The summed E-state index contributed by atoms with van der Waals surface area (Å²) in [7, 11) is 0. The largest absolute Gasteiger partial charge is 0.378 e. The van der Waals surface area contributed by atoms with Crippen molar-refractivity contribution in [2.75, 3.05) is 5.32 Å². The molecule has 3 nitrogen and oxygen atoms in total. The molecule has 0 aliphatic carbocycles. The molecule has 6 heteroatoms. The van der Waals surface area contributed by atoms with Gasteiger partial charge in [0.2, 0.25) is 0 Å². The minimum Gasteiger partial charge on any atom is -0.378 e. The van der Waals surface area contributed by atoms with Crippen LogP contribution >= 0.6 is 34.8 Å². The van der Waals surface area contributed by atoms with Crippen LogP contribution in [0.1, 0.15) is 5.69 Å². The molecule has 0 atom stereocenters. The van der Waals surface area contributed by atoms with Crippen molar-refractivity contribution in [2.24, 2.45) is 0 Å². The standard InChI is InChI=1S/C11H8Cl3N3/c12-8-3-10(14)11(4-9(8)13)17-6-7-5-15-1-2-16-7/h1-5,17H,6H2. The van der Waals surface area contributed by atoms with Gasteiger partial charge in [0.15, 0.2) is 0 Å². The van der Waals surface area contributed by atoms with Crippen LogP contribution in [0.5, 0.6) is 0 Å². The molecule has 0 radical (unpaired) electrons. The topological polar surface area (TPSA) is 37.8 Å². The van der Waals surface area contributed by atoms with Gasteiger partial charge in [0, 0.05) is 12.4 Å². The molecular weight excluding hydrogens is 281 g/mol. The molecule has 0 amide bonds. The fraction of sp³-hybridized carbons (Fsp3) is 0.0909. The zero-order valence-corrected chi connectivity index (χ0v) is 10.9. The lowest BCUT2D eigenvalue weighted by Crippen LogP contribution is -2.02. The third kappa shape index (κ3) is 3.22. The predicted molar refractivity (Wildman–Crippen MR) is 70.8 cm³/mol. The van der Waals surface area contributed by atoms with Crippen LogP contribution in [-0.2, 0) is 6.54 Å². The van der Waals surface area contributed by atoms with E-state index in [0.29, 0.717) is 27.3 Å². The lowest BCUT2D eigenvalue weighted by atomic mass is 10.3. The summed E-state index contributed by atoms with van der Waals surface area (Å²) < 4.78 is 0. The van der Waals surface area contributed by atoms with Crippen molar-refractivity contribution in [2.45, 2.75) is 6.54 Å². The molecule has 0 fully saturated rings. The zero-order chi connectivity index (χ0) is 12.3. The van der Waals surface area contributed by atoms with Gasteiger partial charge in [0.05, 0.1) is 39.2 Å². The first-order chi connectivity index (χ1) is 8.16. The lowest BCUT2D eigenvalue weighted by Gasteiger charge is -2.09. The number of hydrogen-bond acceptors (Lipinski definition) is 3. The van der Waals surface area contributed by atoms with Crippen LogP contribution in [0, 0.1) is 0 Å². The third-order valence-electron chi connectivity index (χ3n) is 2.09. The molecule has 0 aliphatic rings. The first-order valence-corrected chi connectivity index (χ1v) is 5.93. The molecular formula is C11H8Cl3N3. The van der Waals surface area contributed by atoms with E-state index in [1.807, 2.05) is 0 Å². The average molecular weight is 289 g/mol. The number of aromatic nitrogens is 2. The van der Waals surface area contributed by atoms with Crippen molar-refractivity contribution in [3.8, 4) is 0 Å². The molecule has 17 heavy (non-hydrogen) atoms. The summed E-state index contributed by atoms with van der Waals surface area (Å²) in [6.45, 7) is 0.519. The van der Waals surface area contributed by atoms with Crippen molar-refractivity contribution < 1.29 is 0 Å². The minimum atomic E-state index is 0.432. The van der Waals surface area contributed by atoms with Crippen molar-refractivity contribution in [3.63, 3.8) is 0 Å². The quantitative estimate of drug-likeness (QED) is 0.866. The molecule has 1 heterocycles. The molecule has 0 saturated heterocycles. The number of hydrogen-bond donors (Lipinski definition) is 1. The predicted octanol–water partition coefficient (Wildman–Crippen LogP) is 4.05. The van der Waals surface area contributed by atoms with Gasteiger partial charge in [-0.2, -0.15) is 0 Å². The lowest BCUT2D eigenvalue weighted by molar-refractivity contribution is 1.01. The second-order valence-electron chi connectivity index (χ2n) is 3.30. The van der Waals surface area contributed by atoms with Crippen LogP contribution in [0.4, 0.5) is 5.69 Å². The Bertz CT molecular complexity index is 517. The van der Waals surface area contributed by atoms with Crippen LogP contribution in [0.25, 0.3) is 0 Å². The molecule has 2 rings (SSSR count). The van der Waals surface area contributed by atoms with Crippen LogP contribution in [0.15, 0.2) is 30.7 Å². The maximum absolute atomic E-state index is 6.03. The van der Waals surface area contributed by atoms with E-state index in [4.69, 9.17) is 34.8 Å². The molecule has 0 spiro atoms. The summed E-state index contributed by atoms with van der Waals surface area (Å²) in [4.78, 5) is 8.10. The maximum atomic E-state index is 6.03. The van der Waals surface area contributed by atoms with Crippen molar-refractivity contribution in [1.82, 2.24) is 9.97 Å². The van der Waals surface area contributed by atoms with Gasteiger partial charge < -0.3 is 5.32 Å². The summed E-state index contributed by atoms with van der Waals surface area (Å²) in [5, 5.41) is 4.53. The smallest absolute Gasteiger partial charge is 0.0777 e. The number of anilines is 1. The Labute approximate surface area is 114 Å². The first-order valence-electron chi connectivity index (χ1n) is 4.80. The Morgan fingerprint density at radius 3 is 2.47 bits per heavy atom. The van der Waals surface area contributed by atoms with E-state index in [0.717, 1.165) is 5.69 Å². The van der Waals surface area contributed by atoms with Crippen LogP contribution < -0.4 is 5.32 Å². The van der Waals surface area contributed by atoms with Gasteiger partial charge in [-0.15, -0.1) is 0 Å². The van der Waals surface area contributed by atoms with Crippen LogP contribution in [0.2, 0.25) is 15.1 Å². The molecule has 1 aromatic carbocycles. The van der Waals surface area contributed by atoms with Crippen molar-refractivity contribution in [1.29, 1.82) is 0 Å². The second kappa shape index (κ2) is 5.54. The van der Waals surface area contributed by atoms with E-state index in [2.05, 4.69) is 15.3 Å². The van der Waals surface area contributed by atoms with E-state index < -0.39 is 0 Å². The summed E-state index contributed by atoms with van der Waals surface area (Å²) >= 11 is 17.8. The maximum Gasteiger partial charge on any atom is 0.0777 e. The van der Waals surface area contributed by atoms with E-state index in [-0.39, 0.29) is 0 Å². The summed E-state index contributed by atoms with van der Waals surface area (Å²) in [6, 6.07) is 3.28. The molecule has 2 aromatic rings. The van der Waals surface area contributed by atoms with Gasteiger partial charge in [-0.3, -0.25) is 9.97 Å². The normalized spacial score (nSPS) is 10.3. The number of rotatable bonds is 3. The highest BCUT2D eigenvalue weighted by molar-refractivity contribution is 6.44. The Balaban J connectivity index is 2.12. The Morgan fingerprint density at radius 2 is 1.76 bits per heavy atom. The Morgan fingerprint density at radius 1 is 1.00 bits per heavy atom. The van der Waals surface area contributed by atoms with Gasteiger partial charge in [0.1, 0.15) is 0 Å². The number of nitrogens with one attached hydrogen (secondary N) is 1. The molecule has 88 valence electrons. The molecule has 1 N–H and O–H groups in total. The monoisotopic (exact) mass is 287 g/mol. The number of benzene rings is 1. The van der Waals surface area contributed by atoms with Crippen molar-refractivity contribution in [3.05, 3.63) is 51.5 Å². The van der Waals surface area contributed by atoms with Gasteiger partial charge >= 0.3 is 0 Å². The fourth-order valence-corrected chi connectivity index (χ4v) is 1.88. The van der Waals surface area contributed by atoms with E-state index in [1.165, 1.54) is 0 Å². The number of nitrogens with zero attached hydrogens (tertiary/aromatic N) is 2. The SMILES string of the molecule is Clc1cc(Cl)c(NCc2cnccn2)cc1Cl. The molecule has 0 aliphatic heterocycles. The summed E-state index contributed by atoms with van der Waals surface area (Å²) in [5.41, 5.74) is 1.53. The highest BCUT2D eigenvalue weighted by atomic mass is 35.5. The average Bonchev–Trinajstić information content (AvgIpc) is 2.33. The highest BCUT2D eigenvalue weighted by Gasteiger charge is 2.05. The van der Waals surface area contributed by atoms with Crippen LogP contribution in [-0.4, -0.2) is 9.97 Å². The fourth-order valence-electron chi connectivity index (χ4n) is 1.27. The van der Waals surface area contributed by atoms with Gasteiger partial charge in [0.25, 0.3) is 0 Å². The third-order valence-corrected chi connectivity index (χ3v) is 3.12. The molecule has 0 bridgehead atoms. The summed E-state index contributed by atoms with van der Waals surface area (Å²) in [6.07, 6.45) is 4.93. The second-order valence-corrected chi connectivity index (χ2v) is 4.52. The number of halogens is 3.